The number of hydrogen-bond donors (Lipinski definition) is 3. The van der Waals surface area contributed by atoms with E-state index in [4.69, 9.17) is 4.74 Å². The van der Waals surface area contributed by atoms with Gasteiger partial charge < -0.3 is 30.5 Å². The average Bonchev–Trinajstić information content (AvgIpc) is 3.44. The van der Waals surface area contributed by atoms with E-state index < -0.39 is 11.7 Å². The fourth-order valence-electron chi connectivity index (χ4n) is 6.44. The summed E-state index contributed by atoms with van der Waals surface area (Å²) in [5.74, 6) is 0.0882. The summed E-state index contributed by atoms with van der Waals surface area (Å²) in [5, 5.41) is 8.58. The first-order valence-electron chi connectivity index (χ1n) is 15.4. The fourth-order valence-corrected chi connectivity index (χ4v) is 6.44. The maximum atomic E-state index is 13.9. The third kappa shape index (κ3) is 6.81. The van der Waals surface area contributed by atoms with Crippen molar-refractivity contribution in [1.82, 2.24) is 19.8 Å². The molecule has 2 saturated heterocycles. The summed E-state index contributed by atoms with van der Waals surface area (Å²) < 4.78 is 47.3. The van der Waals surface area contributed by atoms with E-state index in [1.807, 2.05) is 23.1 Å². The molecule has 3 aromatic rings. The van der Waals surface area contributed by atoms with Crippen molar-refractivity contribution in [3.8, 4) is 5.75 Å². The Balaban J connectivity index is 1.13. The van der Waals surface area contributed by atoms with Crippen molar-refractivity contribution in [2.75, 3.05) is 67.2 Å². The zero-order valence-corrected chi connectivity index (χ0v) is 25.8. The largest absolute Gasteiger partial charge is 0.494 e. The highest BCUT2D eigenvalue weighted by molar-refractivity contribution is 5.99. The predicted molar refractivity (Wildman–Crippen MR) is 168 cm³/mol. The van der Waals surface area contributed by atoms with E-state index in [9.17, 15) is 22.8 Å². The number of alkyl halides is 3. The Morgan fingerprint density at radius 3 is 2.54 bits per heavy atom. The number of carbonyl (C=O) groups is 2. The SMILES string of the molecule is COc1cc(N2CCN(C3CCN(C(C)=O)CC3)CC2)ccc1Nc1ncc(C(F)(F)F)c(NCc2cccc3c2CC(=O)N3)n1. The molecule has 11 nitrogen and oxygen atoms in total. The molecule has 244 valence electrons. The number of fused-ring (bicyclic) bond motifs is 1. The minimum Gasteiger partial charge on any atom is -0.494 e. The first-order valence-corrected chi connectivity index (χ1v) is 15.4. The number of rotatable bonds is 8. The van der Waals surface area contributed by atoms with Crippen molar-refractivity contribution < 1.29 is 27.5 Å². The minimum atomic E-state index is -4.67. The van der Waals surface area contributed by atoms with Crippen LogP contribution in [0.25, 0.3) is 0 Å². The molecule has 1 aromatic heterocycles. The van der Waals surface area contributed by atoms with Crippen LogP contribution in [-0.2, 0) is 28.7 Å². The van der Waals surface area contributed by atoms with E-state index in [1.165, 1.54) is 7.11 Å². The molecular formula is C32H37F3N8O3. The first-order chi connectivity index (χ1) is 22.1. The highest BCUT2D eigenvalue weighted by Crippen LogP contribution is 2.36. The maximum Gasteiger partial charge on any atom is 0.421 e. The van der Waals surface area contributed by atoms with Gasteiger partial charge in [-0.15, -0.1) is 0 Å². The normalized spacial score (nSPS) is 17.5. The highest BCUT2D eigenvalue weighted by Gasteiger charge is 2.35. The quantitative estimate of drug-likeness (QED) is 0.329. The number of piperazine rings is 1. The van der Waals surface area contributed by atoms with Crippen LogP contribution in [0.15, 0.2) is 42.6 Å². The lowest BCUT2D eigenvalue weighted by molar-refractivity contribution is -0.137. The number of halogens is 3. The van der Waals surface area contributed by atoms with Gasteiger partial charge >= 0.3 is 6.18 Å². The van der Waals surface area contributed by atoms with Crippen LogP contribution in [0.3, 0.4) is 0 Å². The van der Waals surface area contributed by atoms with E-state index in [-0.39, 0.29) is 36.5 Å². The van der Waals surface area contributed by atoms with Gasteiger partial charge in [-0.05, 0) is 42.2 Å². The van der Waals surface area contributed by atoms with Crippen LogP contribution in [0.4, 0.5) is 42.0 Å². The van der Waals surface area contributed by atoms with Gasteiger partial charge in [-0.25, -0.2) is 4.98 Å². The van der Waals surface area contributed by atoms with E-state index in [1.54, 1.807) is 25.1 Å². The number of carbonyl (C=O) groups excluding carboxylic acids is 2. The number of methoxy groups -OCH3 is 1. The molecule has 3 aliphatic rings. The molecule has 4 heterocycles. The number of benzene rings is 2. The Hall–Kier alpha value is -4.59. The van der Waals surface area contributed by atoms with Gasteiger partial charge in [-0.3, -0.25) is 14.5 Å². The van der Waals surface area contributed by atoms with Gasteiger partial charge in [0.25, 0.3) is 0 Å². The third-order valence-electron chi connectivity index (χ3n) is 8.96. The van der Waals surface area contributed by atoms with E-state index in [2.05, 4.69) is 35.7 Å². The van der Waals surface area contributed by atoms with E-state index in [0.29, 0.717) is 28.7 Å². The number of nitrogens with zero attached hydrogens (tertiary/aromatic N) is 5. The molecular weight excluding hydrogens is 601 g/mol. The second-order valence-corrected chi connectivity index (χ2v) is 11.7. The summed E-state index contributed by atoms with van der Waals surface area (Å²) in [5.41, 5.74) is 2.61. The van der Waals surface area contributed by atoms with Crippen LogP contribution in [0, 0.1) is 0 Å². The number of aromatic nitrogens is 2. The van der Waals surface area contributed by atoms with Gasteiger partial charge in [0.2, 0.25) is 17.8 Å². The lowest BCUT2D eigenvalue weighted by Gasteiger charge is -2.43. The van der Waals surface area contributed by atoms with Crippen molar-refractivity contribution in [1.29, 1.82) is 0 Å². The van der Waals surface area contributed by atoms with Gasteiger partial charge in [0.15, 0.2) is 0 Å². The molecule has 2 fully saturated rings. The maximum absolute atomic E-state index is 13.9. The topological polar surface area (TPSA) is 115 Å². The van der Waals surface area contributed by atoms with Gasteiger partial charge in [0.1, 0.15) is 17.1 Å². The van der Waals surface area contributed by atoms with Crippen molar-refractivity contribution in [2.45, 2.75) is 44.9 Å². The van der Waals surface area contributed by atoms with Crippen molar-refractivity contribution in [3.63, 3.8) is 0 Å². The van der Waals surface area contributed by atoms with E-state index >= 15 is 0 Å². The summed E-state index contributed by atoms with van der Waals surface area (Å²) in [6.45, 7) is 6.80. The Labute approximate surface area is 265 Å². The van der Waals surface area contributed by atoms with Gasteiger partial charge in [-0.2, -0.15) is 18.2 Å². The molecule has 0 spiro atoms. The molecule has 2 amide bonds. The second-order valence-electron chi connectivity index (χ2n) is 11.7. The van der Waals surface area contributed by atoms with Crippen LogP contribution >= 0.6 is 0 Å². The number of likely N-dealkylation sites (tertiary alicyclic amines) is 1. The van der Waals surface area contributed by atoms with Crippen molar-refractivity contribution >= 4 is 40.6 Å². The van der Waals surface area contributed by atoms with Crippen LogP contribution in [-0.4, -0.2) is 84.0 Å². The highest BCUT2D eigenvalue weighted by atomic mass is 19.4. The zero-order chi connectivity index (χ0) is 32.4. The molecule has 0 radical (unpaired) electrons. The van der Waals surface area contributed by atoms with Gasteiger partial charge in [0.05, 0.1) is 19.2 Å². The van der Waals surface area contributed by atoms with Gasteiger partial charge in [0, 0.05) is 82.4 Å². The molecule has 0 saturated carbocycles. The number of ether oxygens (including phenoxy) is 1. The molecule has 14 heteroatoms. The molecule has 0 bridgehead atoms. The molecule has 3 aliphatic heterocycles. The lowest BCUT2D eigenvalue weighted by Crippen LogP contribution is -2.53. The number of amides is 2. The van der Waals surface area contributed by atoms with Crippen LogP contribution in [0.1, 0.15) is 36.5 Å². The smallest absolute Gasteiger partial charge is 0.421 e. The molecule has 3 N–H and O–H groups in total. The summed E-state index contributed by atoms with van der Waals surface area (Å²) in [4.78, 5) is 38.4. The Bertz CT molecular complexity index is 1600. The fraction of sp³-hybridized carbons (Fsp3) is 0.438. The van der Waals surface area contributed by atoms with Crippen LogP contribution in [0.2, 0.25) is 0 Å². The Kier molecular flexibility index (Phi) is 8.89. The monoisotopic (exact) mass is 638 g/mol. The average molecular weight is 639 g/mol. The minimum absolute atomic E-state index is 0.0267. The summed E-state index contributed by atoms with van der Waals surface area (Å²) >= 11 is 0. The van der Waals surface area contributed by atoms with E-state index in [0.717, 1.165) is 69.6 Å². The molecule has 2 aromatic carbocycles. The lowest BCUT2D eigenvalue weighted by atomic mass is 10.0. The number of hydrogen-bond acceptors (Lipinski definition) is 9. The zero-order valence-electron chi connectivity index (χ0n) is 25.8. The molecule has 0 atom stereocenters. The predicted octanol–water partition coefficient (Wildman–Crippen LogP) is 4.49. The van der Waals surface area contributed by atoms with Crippen molar-refractivity contribution in [2.24, 2.45) is 0 Å². The second kappa shape index (κ2) is 13.0. The number of nitrogens with one attached hydrogen (secondary N) is 3. The molecule has 0 aliphatic carbocycles. The summed E-state index contributed by atoms with van der Waals surface area (Å²) in [7, 11) is 1.54. The van der Waals surface area contributed by atoms with Crippen molar-refractivity contribution in [3.05, 3.63) is 59.3 Å². The number of anilines is 5. The van der Waals surface area contributed by atoms with Gasteiger partial charge in [-0.1, -0.05) is 12.1 Å². The standard InChI is InChI=1S/C32H37F3N8O3/c1-20(44)41-10-8-22(9-11-41)42-12-14-43(15-13-42)23-6-7-27(28(16-23)46-2)39-31-37-19-25(32(33,34)35)30(40-31)36-18-21-4-3-5-26-24(21)17-29(45)38-26/h3-7,16,19,22H,8-15,17-18H2,1-2H3,(H,38,45)(H2,36,37,39,40). The molecule has 6 rings (SSSR count). The first kappa shape index (κ1) is 31.4. The van der Waals surface area contributed by atoms with Crippen LogP contribution < -0.4 is 25.6 Å². The summed E-state index contributed by atoms with van der Waals surface area (Å²) in [6.07, 6.45) is -1.77. The third-order valence-corrected chi connectivity index (χ3v) is 8.96. The summed E-state index contributed by atoms with van der Waals surface area (Å²) in [6, 6.07) is 11.4. The Morgan fingerprint density at radius 1 is 1.09 bits per heavy atom. The molecule has 46 heavy (non-hydrogen) atoms. The number of piperidine rings is 1. The Morgan fingerprint density at radius 2 is 1.85 bits per heavy atom. The molecule has 0 unspecified atom stereocenters. The van der Waals surface area contributed by atoms with Crippen LogP contribution in [0.5, 0.6) is 5.75 Å².